The number of hydrogen-bond donors (Lipinski definition) is 5. The Morgan fingerprint density at radius 2 is 1.65 bits per heavy atom. The summed E-state index contributed by atoms with van der Waals surface area (Å²) in [6.45, 7) is 4.67. The zero-order chi connectivity index (χ0) is 24.6. The van der Waals surface area contributed by atoms with Gasteiger partial charge in [0.25, 0.3) is 0 Å². The second-order valence-corrected chi connectivity index (χ2v) is 9.26. The fourth-order valence-corrected chi connectivity index (χ4v) is 3.90. The molecule has 0 aliphatic carbocycles. The summed E-state index contributed by atoms with van der Waals surface area (Å²) in [7, 11) is 0. The van der Waals surface area contributed by atoms with Gasteiger partial charge in [0.2, 0.25) is 5.91 Å². The fourth-order valence-electron chi connectivity index (χ4n) is 3.90. The van der Waals surface area contributed by atoms with Crippen LogP contribution in [0.15, 0.2) is 72.8 Å². The molecule has 1 amide bonds. The predicted molar refractivity (Wildman–Crippen MR) is 133 cm³/mol. The number of carbonyl (C=O) groups excluding carboxylic acids is 1. The van der Waals surface area contributed by atoms with Crippen molar-refractivity contribution < 1.29 is 20.1 Å². The first kappa shape index (κ1) is 25.4. The largest absolute Gasteiger partial charge is 0.508 e. The van der Waals surface area contributed by atoms with E-state index in [1.54, 1.807) is 12.1 Å². The molecule has 0 spiro atoms. The molecule has 6 heteroatoms. The van der Waals surface area contributed by atoms with Gasteiger partial charge >= 0.3 is 0 Å². The van der Waals surface area contributed by atoms with Gasteiger partial charge in [-0.05, 0) is 54.7 Å². The Bertz CT molecular complexity index is 1080. The summed E-state index contributed by atoms with van der Waals surface area (Å²) in [6.07, 6.45) is 0.334. The average molecular weight is 463 g/mol. The second-order valence-electron chi connectivity index (χ2n) is 9.26. The van der Waals surface area contributed by atoms with Gasteiger partial charge in [-0.15, -0.1) is 0 Å². The number of phenols is 1. The first-order valence-electron chi connectivity index (χ1n) is 11.5. The third-order valence-electron chi connectivity index (χ3n) is 5.77. The van der Waals surface area contributed by atoms with E-state index in [0.717, 1.165) is 23.1 Å². The van der Waals surface area contributed by atoms with Crippen molar-refractivity contribution in [3.05, 3.63) is 101 Å². The molecule has 3 aromatic carbocycles. The molecular weight excluding hydrogens is 428 g/mol. The maximum Gasteiger partial charge on any atom is 0.224 e. The number of rotatable bonds is 11. The Labute approximate surface area is 201 Å². The van der Waals surface area contributed by atoms with Gasteiger partial charge in [-0.3, -0.25) is 4.79 Å². The summed E-state index contributed by atoms with van der Waals surface area (Å²) < 4.78 is 0. The number of carbonyl (C=O) groups is 1. The molecule has 5 N–H and O–H groups in total. The van der Waals surface area contributed by atoms with Crippen molar-refractivity contribution in [1.29, 1.82) is 0 Å². The lowest BCUT2D eigenvalue weighted by molar-refractivity contribution is -0.120. The monoisotopic (exact) mass is 462 g/mol. The van der Waals surface area contributed by atoms with Crippen molar-refractivity contribution in [2.75, 3.05) is 6.54 Å². The van der Waals surface area contributed by atoms with Gasteiger partial charge in [0.1, 0.15) is 5.75 Å². The maximum atomic E-state index is 12.3. The van der Waals surface area contributed by atoms with Crippen LogP contribution in [0.1, 0.15) is 47.8 Å². The van der Waals surface area contributed by atoms with Gasteiger partial charge in [0, 0.05) is 24.2 Å². The molecule has 0 fully saturated rings. The smallest absolute Gasteiger partial charge is 0.224 e. The quantitative estimate of drug-likeness (QED) is 0.301. The van der Waals surface area contributed by atoms with Crippen LogP contribution in [0.5, 0.6) is 5.75 Å². The molecule has 3 aromatic rings. The molecule has 6 nitrogen and oxygen atoms in total. The minimum absolute atomic E-state index is 0.00817. The van der Waals surface area contributed by atoms with Crippen LogP contribution in [-0.2, 0) is 30.8 Å². The molecule has 0 aliphatic heterocycles. The van der Waals surface area contributed by atoms with Gasteiger partial charge in [0.05, 0.1) is 19.1 Å². The van der Waals surface area contributed by atoms with Crippen molar-refractivity contribution >= 4 is 5.91 Å². The second kappa shape index (κ2) is 11.8. The molecule has 180 valence electrons. The first-order chi connectivity index (χ1) is 16.3. The van der Waals surface area contributed by atoms with Gasteiger partial charge in [0.15, 0.2) is 0 Å². The third-order valence-corrected chi connectivity index (χ3v) is 5.77. The van der Waals surface area contributed by atoms with E-state index in [1.807, 2.05) is 42.5 Å². The van der Waals surface area contributed by atoms with Crippen LogP contribution >= 0.6 is 0 Å². The Morgan fingerprint density at radius 1 is 0.941 bits per heavy atom. The number of amides is 1. The molecule has 0 bridgehead atoms. The number of nitrogens with one attached hydrogen (secondary N) is 2. The summed E-state index contributed by atoms with van der Waals surface area (Å²) in [4.78, 5) is 12.3. The van der Waals surface area contributed by atoms with Gasteiger partial charge in [-0.1, -0.05) is 60.7 Å². The zero-order valence-corrected chi connectivity index (χ0v) is 19.8. The first-order valence-corrected chi connectivity index (χ1v) is 11.5. The van der Waals surface area contributed by atoms with Gasteiger partial charge < -0.3 is 26.0 Å². The molecule has 0 saturated carbocycles. The summed E-state index contributed by atoms with van der Waals surface area (Å²) in [5.41, 5.74) is 3.90. The summed E-state index contributed by atoms with van der Waals surface area (Å²) in [5.74, 6) is 0.00838. The van der Waals surface area contributed by atoms with Crippen molar-refractivity contribution in [1.82, 2.24) is 10.6 Å². The predicted octanol–water partition coefficient (Wildman–Crippen LogP) is 3.39. The Hall–Kier alpha value is -3.19. The van der Waals surface area contributed by atoms with E-state index in [0.29, 0.717) is 30.6 Å². The van der Waals surface area contributed by atoms with E-state index in [9.17, 15) is 20.1 Å². The topological polar surface area (TPSA) is 102 Å². The number of aliphatic hydroxyl groups excluding tert-OH is 2. The lowest BCUT2D eigenvalue weighted by Crippen LogP contribution is -2.43. The van der Waals surface area contributed by atoms with Crippen LogP contribution in [0.2, 0.25) is 0 Å². The molecule has 34 heavy (non-hydrogen) atoms. The van der Waals surface area contributed by atoms with E-state index >= 15 is 0 Å². The highest BCUT2D eigenvalue weighted by molar-refractivity contribution is 5.78. The van der Waals surface area contributed by atoms with Gasteiger partial charge in [-0.2, -0.15) is 0 Å². The minimum Gasteiger partial charge on any atom is -0.508 e. The molecule has 0 aliphatic rings. The highest BCUT2D eigenvalue weighted by Crippen LogP contribution is 2.23. The SMILES string of the molecule is CC(C)(Cc1cccc(CNC(=O)Cc2ccccc2)c1)NC[C@@H](O)c1ccc(O)c(CO)c1. The van der Waals surface area contributed by atoms with Crippen molar-refractivity contribution in [2.24, 2.45) is 0 Å². The summed E-state index contributed by atoms with van der Waals surface area (Å²) in [5, 5.41) is 36.0. The summed E-state index contributed by atoms with van der Waals surface area (Å²) >= 11 is 0. The number of β-amino-alcohol motifs (C(OH)–C–C–N with tert-alkyl or cyclic N) is 1. The highest BCUT2D eigenvalue weighted by Gasteiger charge is 2.20. The van der Waals surface area contributed by atoms with E-state index in [1.165, 1.54) is 6.07 Å². The fraction of sp³-hybridized carbons (Fsp3) is 0.321. The van der Waals surface area contributed by atoms with Crippen LogP contribution in [0.25, 0.3) is 0 Å². The van der Waals surface area contributed by atoms with Gasteiger partial charge in [-0.25, -0.2) is 0 Å². The van der Waals surface area contributed by atoms with E-state index in [2.05, 4.69) is 36.6 Å². The molecule has 0 heterocycles. The lowest BCUT2D eigenvalue weighted by atomic mass is 9.93. The molecule has 0 aromatic heterocycles. The lowest BCUT2D eigenvalue weighted by Gasteiger charge is -2.28. The number of benzene rings is 3. The van der Waals surface area contributed by atoms with Crippen LogP contribution in [0, 0.1) is 0 Å². The van der Waals surface area contributed by atoms with Crippen molar-refractivity contribution in [2.45, 2.75) is 51.5 Å². The Balaban J connectivity index is 1.52. The molecule has 0 saturated heterocycles. The molecule has 0 unspecified atom stereocenters. The van der Waals surface area contributed by atoms with E-state index < -0.39 is 6.10 Å². The highest BCUT2D eigenvalue weighted by atomic mass is 16.3. The average Bonchev–Trinajstić information content (AvgIpc) is 2.82. The van der Waals surface area contributed by atoms with Crippen molar-refractivity contribution in [3.63, 3.8) is 0 Å². The number of hydrogen-bond acceptors (Lipinski definition) is 5. The Morgan fingerprint density at radius 3 is 2.38 bits per heavy atom. The molecule has 1 atom stereocenters. The zero-order valence-electron chi connectivity index (χ0n) is 19.8. The van der Waals surface area contributed by atoms with E-state index in [4.69, 9.17) is 0 Å². The Kier molecular flexibility index (Phi) is 8.82. The normalized spacial score (nSPS) is 12.4. The summed E-state index contributed by atoms with van der Waals surface area (Å²) in [6, 6.07) is 22.6. The molecular formula is C28H34N2O4. The van der Waals surface area contributed by atoms with Crippen LogP contribution in [0.4, 0.5) is 0 Å². The molecule has 3 rings (SSSR count). The number of aliphatic hydroxyl groups is 2. The molecule has 0 radical (unpaired) electrons. The van der Waals surface area contributed by atoms with Crippen molar-refractivity contribution in [3.8, 4) is 5.75 Å². The maximum absolute atomic E-state index is 12.3. The van der Waals surface area contributed by atoms with Crippen LogP contribution in [-0.4, -0.2) is 33.3 Å². The number of aromatic hydroxyl groups is 1. The standard InChI is InChI=1S/C28H34N2O4/c1-28(2,30-18-26(33)23-11-12-25(32)24(15-23)19-31)16-21-9-6-10-22(13-21)17-29-27(34)14-20-7-4-3-5-8-20/h3-13,15,26,30-33H,14,16-19H2,1-2H3,(H,29,34)/t26-/m1/s1. The minimum atomic E-state index is -0.767. The third kappa shape index (κ3) is 7.70. The van der Waals surface area contributed by atoms with Crippen LogP contribution < -0.4 is 10.6 Å². The van der Waals surface area contributed by atoms with E-state index in [-0.39, 0.29) is 23.8 Å². The van der Waals surface area contributed by atoms with Crippen LogP contribution in [0.3, 0.4) is 0 Å².